The molecule has 0 unspecified atom stereocenters. The SMILES string of the molecule is Cn1nc(-c2cccs2)cc(C(C)(C)O)c1=O. The molecule has 1 N–H and O–H groups in total. The summed E-state index contributed by atoms with van der Waals surface area (Å²) < 4.78 is 1.27. The molecule has 0 bridgehead atoms. The number of nitrogens with zero attached hydrogens (tertiary/aromatic N) is 2. The molecule has 0 spiro atoms. The largest absolute Gasteiger partial charge is 0.386 e. The zero-order chi connectivity index (χ0) is 12.6. The van der Waals surface area contributed by atoms with Gasteiger partial charge in [0.15, 0.2) is 0 Å². The van der Waals surface area contributed by atoms with E-state index in [0.717, 1.165) is 4.88 Å². The number of hydrogen-bond acceptors (Lipinski definition) is 4. The molecule has 4 nitrogen and oxygen atoms in total. The Kier molecular flexibility index (Phi) is 2.89. The van der Waals surface area contributed by atoms with Crippen LogP contribution in [-0.2, 0) is 12.6 Å². The van der Waals surface area contributed by atoms with E-state index in [2.05, 4.69) is 5.10 Å². The van der Waals surface area contributed by atoms with Crippen LogP contribution in [0.15, 0.2) is 28.4 Å². The number of hydrogen-bond donors (Lipinski definition) is 1. The van der Waals surface area contributed by atoms with Gasteiger partial charge in [-0.25, -0.2) is 4.68 Å². The van der Waals surface area contributed by atoms with Gasteiger partial charge in [-0.15, -0.1) is 11.3 Å². The van der Waals surface area contributed by atoms with E-state index in [1.54, 1.807) is 38.3 Å². The first-order valence-electron chi connectivity index (χ1n) is 5.24. The Morgan fingerprint density at radius 3 is 2.71 bits per heavy atom. The number of aliphatic hydroxyl groups is 1. The van der Waals surface area contributed by atoms with Gasteiger partial charge in [-0.2, -0.15) is 5.10 Å². The lowest BCUT2D eigenvalue weighted by molar-refractivity contribution is 0.0763. The maximum atomic E-state index is 11.9. The molecular formula is C12H14N2O2S. The molecule has 2 aromatic heterocycles. The van der Waals surface area contributed by atoms with Gasteiger partial charge in [0.2, 0.25) is 0 Å². The van der Waals surface area contributed by atoms with Crippen LogP contribution in [0.2, 0.25) is 0 Å². The maximum absolute atomic E-state index is 11.9. The minimum absolute atomic E-state index is 0.266. The predicted molar refractivity (Wildman–Crippen MR) is 68.0 cm³/mol. The third kappa shape index (κ3) is 2.30. The van der Waals surface area contributed by atoms with E-state index in [1.807, 2.05) is 17.5 Å². The topological polar surface area (TPSA) is 55.1 Å². The van der Waals surface area contributed by atoms with Crippen molar-refractivity contribution in [2.24, 2.45) is 7.05 Å². The second kappa shape index (κ2) is 4.09. The van der Waals surface area contributed by atoms with Gasteiger partial charge in [0, 0.05) is 7.05 Å². The molecule has 0 atom stereocenters. The van der Waals surface area contributed by atoms with Gasteiger partial charge in [0.25, 0.3) is 5.56 Å². The Hall–Kier alpha value is -1.46. The van der Waals surface area contributed by atoms with Crippen molar-refractivity contribution in [1.29, 1.82) is 0 Å². The first-order valence-corrected chi connectivity index (χ1v) is 6.12. The fourth-order valence-electron chi connectivity index (χ4n) is 1.59. The number of rotatable bonds is 2. The van der Waals surface area contributed by atoms with Gasteiger partial charge in [0.1, 0.15) is 5.69 Å². The molecule has 0 saturated carbocycles. The highest BCUT2D eigenvalue weighted by atomic mass is 32.1. The molecule has 2 aromatic rings. The minimum atomic E-state index is -1.16. The van der Waals surface area contributed by atoms with E-state index < -0.39 is 5.60 Å². The molecule has 0 aliphatic rings. The Balaban J connectivity index is 2.67. The molecule has 0 amide bonds. The standard InChI is InChI=1S/C12H14N2O2S/c1-12(2,16)8-7-9(10-5-4-6-17-10)13-14(3)11(8)15/h4-7,16H,1-3H3. The molecular weight excluding hydrogens is 236 g/mol. The van der Waals surface area contributed by atoms with Crippen LogP contribution in [0.25, 0.3) is 10.6 Å². The van der Waals surface area contributed by atoms with Gasteiger partial charge in [-0.05, 0) is 31.4 Å². The molecule has 0 aliphatic heterocycles. The summed E-state index contributed by atoms with van der Waals surface area (Å²) in [6.45, 7) is 3.20. The fourth-order valence-corrected chi connectivity index (χ4v) is 2.27. The van der Waals surface area contributed by atoms with Crippen molar-refractivity contribution in [1.82, 2.24) is 9.78 Å². The molecule has 90 valence electrons. The third-order valence-corrected chi connectivity index (χ3v) is 3.39. The van der Waals surface area contributed by atoms with Gasteiger partial charge >= 0.3 is 0 Å². The fraction of sp³-hybridized carbons (Fsp3) is 0.333. The summed E-state index contributed by atoms with van der Waals surface area (Å²) in [6, 6.07) is 5.52. The van der Waals surface area contributed by atoms with Crippen LogP contribution in [-0.4, -0.2) is 14.9 Å². The molecule has 17 heavy (non-hydrogen) atoms. The molecule has 0 aromatic carbocycles. The Morgan fingerprint density at radius 1 is 1.47 bits per heavy atom. The molecule has 0 aliphatic carbocycles. The second-order valence-electron chi connectivity index (χ2n) is 4.41. The van der Waals surface area contributed by atoms with E-state index >= 15 is 0 Å². The van der Waals surface area contributed by atoms with Gasteiger partial charge in [0.05, 0.1) is 16.0 Å². The van der Waals surface area contributed by atoms with Crippen molar-refractivity contribution in [3.8, 4) is 10.6 Å². The summed E-state index contributed by atoms with van der Waals surface area (Å²) in [5, 5.41) is 16.1. The zero-order valence-corrected chi connectivity index (χ0v) is 10.8. The highest BCUT2D eigenvalue weighted by Gasteiger charge is 2.22. The van der Waals surface area contributed by atoms with E-state index in [1.165, 1.54) is 4.68 Å². The van der Waals surface area contributed by atoms with Crippen molar-refractivity contribution < 1.29 is 5.11 Å². The first kappa shape index (κ1) is 12.0. The lowest BCUT2D eigenvalue weighted by atomic mass is 9.99. The Bertz CT molecular complexity index is 580. The highest BCUT2D eigenvalue weighted by molar-refractivity contribution is 7.13. The summed E-state index contributed by atoms with van der Waals surface area (Å²) in [4.78, 5) is 12.9. The van der Waals surface area contributed by atoms with Crippen LogP contribution in [0.4, 0.5) is 0 Å². The summed E-state index contributed by atoms with van der Waals surface area (Å²) >= 11 is 1.55. The number of aromatic nitrogens is 2. The predicted octanol–water partition coefficient (Wildman–Crippen LogP) is 1.74. The average Bonchev–Trinajstić information content (AvgIpc) is 2.73. The first-order chi connectivity index (χ1) is 7.89. The van der Waals surface area contributed by atoms with Crippen LogP contribution < -0.4 is 5.56 Å². The van der Waals surface area contributed by atoms with Crippen molar-refractivity contribution in [2.45, 2.75) is 19.4 Å². The molecule has 0 saturated heterocycles. The molecule has 2 heterocycles. The summed E-state index contributed by atoms with van der Waals surface area (Å²) in [5.74, 6) is 0. The van der Waals surface area contributed by atoms with Crippen LogP contribution in [0, 0.1) is 0 Å². The number of thiophene rings is 1. The van der Waals surface area contributed by atoms with Gasteiger partial charge < -0.3 is 5.11 Å². The van der Waals surface area contributed by atoms with Crippen LogP contribution in [0.1, 0.15) is 19.4 Å². The van der Waals surface area contributed by atoms with Crippen molar-refractivity contribution in [3.05, 3.63) is 39.5 Å². The van der Waals surface area contributed by atoms with Crippen LogP contribution in [0.5, 0.6) is 0 Å². The monoisotopic (exact) mass is 250 g/mol. The van der Waals surface area contributed by atoms with Crippen molar-refractivity contribution >= 4 is 11.3 Å². The van der Waals surface area contributed by atoms with Crippen LogP contribution >= 0.6 is 11.3 Å². The van der Waals surface area contributed by atoms with Crippen molar-refractivity contribution in [2.75, 3.05) is 0 Å². The highest BCUT2D eigenvalue weighted by Crippen LogP contribution is 2.25. The number of aryl methyl sites for hydroxylation is 1. The molecule has 0 fully saturated rings. The van der Waals surface area contributed by atoms with E-state index in [9.17, 15) is 9.90 Å². The molecule has 0 radical (unpaired) electrons. The van der Waals surface area contributed by atoms with E-state index in [4.69, 9.17) is 0 Å². The molecule has 5 heteroatoms. The van der Waals surface area contributed by atoms with Crippen molar-refractivity contribution in [3.63, 3.8) is 0 Å². The normalized spacial score (nSPS) is 11.8. The third-order valence-electron chi connectivity index (χ3n) is 2.50. The summed E-state index contributed by atoms with van der Waals surface area (Å²) in [7, 11) is 1.59. The summed E-state index contributed by atoms with van der Waals surface area (Å²) in [6.07, 6.45) is 0. The smallest absolute Gasteiger partial charge is 0.272 e. The summed E-state index contributed by atoms with van der Waals surface area (Å²) in [5.41, 5.74) is -0.362. The van der Waals surface area contributed by atoms with E-state index in [-0.39, 0.29) is 5.56 Å². The average molecular weight is 250 g/mol. The lowest BCUT2D eigenvalue weighted by Gasteiger charge is -2.18. The Labute approximate surface area is 103 Å². The maximum Gasteiger partial charge on any atom is 0.272 e. The zero-order valence-electron chi connectivity index (χ0n) is 9.97. The minimum Gasteiger partial charge on any atom is -0.386 e. The van der Waals surface area contributed by atoms with Gasteiger partial charge in [-0.3, -0.25) is 4.79 Å². The van der Waals surface area contributed by atoms with Gasteiger partial charge in [-0.1, -0.05) is 6.07 Å². The Morgan fingerprint density at radius 2 is 2.18 bits per heavy atom. The van der Waals surface area contributed by atoms with E-state index in [0.29, 0.717) is 11.3 Å². The quantitative estimate of drug-likeness (QED) is 0.883. The second-order valence-corrected chi connectivity index (χ2v) is 5.36. The van der Waals surface area contributed by atoms with Crippen LogP contribution in [0.3, 0.4) is 0 Å². The molecule has 2 rings (SSSR count). The lowest BCUT2D eigenvalue weighted by Crippen LogP contribution is -2.32.